The molecule has 0 aromatic heterocycles. The third kappa shape index (κ3) is 6.18. The monoisotopic (exact) mass is 419 g/mol. The molecule has 166 valence electrons. The molecule has 1 aliphatic carbocycles. The fourth-order valence-electron chi connectivity index (χ4n) is 4.60. The summed E-state index contributed by atoms with van der Waals surface area (Å²) in [5.74, 6) is 0.621. The van der Waals surface area contributed by atoms with E-state index >= 15 is 0 Å². The number of hydrogen-bond donors (Lipinski definition) is 6. The van der Waals surface area contributed by atoms with Crippen molar-refractivity contribution in [1.82, 2.24) is 16.0 Å². The molecular formula is C21H34BN3O5. The van der Waals surface area contributed by atoms with Crippen LogP contribution in [-0.2, 0) is 11.2 Å². The first-order chi connectivity index (χ1) is 14.5. The molecule has 3 atom stereocenters. The molecule has 0 bridgehead atoms. The van der Waals surface area contributed by atoms with Crippen LogP contribution in [0.15, 0.2) is 18.2 Å². The third-order valence-corrected chi connectivity index (χ3v) is 6.12. The van der Waals surface area contributed by atoms with E-state index in [2.05, 4.69) is 16.0 Å². The highest BCUT2D eigenvalue weighted by Gasteiger charge is 2.37. The molecule has 8 nitrogen and oxygen atoms in total. The molecule has 1 fully saturated rings. The number of carbonyl (C=O) groups excluding carboxylic acids is 1. The second kappa shape index (κ2) is 11.1. The van der Waals surface area contributed by atoms with Crippen molar-refractivity contribution in [2.45, 2.75) is 50.8 Å². The zero-order valence-electron chi connectivity index (χ0n) is 17.6. The zero-order chi connectivity index (χ0) is 21.5. The molecule has 6 N–H and O–H groups in total. The topological polar surface area (TPSA) is 123 Å². The second-order valence-corrected chi connectivity index (χ2v) is 8.51. The van der Waals surface area contributed by atoms with Gasteiger partial charge in [-0.25, -0.2) is 0 Å². The first-order valence-electron chi connectivity index (χ1n) is 10.9. The Balaban J connectivity index is 1.49. The Hall–Kier alpha value is -1.65. The number of fused-ring (bicyclic) bond motifs is 1. The van der Waals surface area contributed by atoms with Crippen LogP contribution in [0.4, 0.5) is 0 Å². The second-order valence-electron chi connectivity index (χ2n) is 8.51. The molecule has 2 unspecified atom stereocenters. The summed E-state index contributed by atoms with van der Waals surface area (Å²) in [5, 5.41) is 38.8. The van der Waals surface area contributed by atoms with Gasteiger partial charge in [-0.3, -0.25) is 4.79 Å². The molecule has 1 aliphatic heterocycles. The van der Waals surface area contributed by atoms with E-state index in [-0.39, 0.29) is 17.2 Å². The molecule has 0 saturated heterocycles. The highest BCUT2D eigenvalue weighted by atomic mass is 16.5. The van der Waals surface area contributed by atoms with Crippen LogP contribution in [0.25, 0.3) is 0 Å². The molecule has 1 amide bonds. The van der Waals surface area contributed by atoms with Crippen LogP contribution in [0.5, 0.6) is 5.75 Å². The molecule has 0 radical (unpaired) electrons. The first-order valence-corrected chi connectivity index (χ1v) is 10.9. The van der Waals surface area contributed by atoms with E-state index < -0.39 is 19.3 Å². The van der Waals surface area contributed by atoms with E-state index in [1.807, 2.05) is 7.05 Å². The quantitative estimate of drug-likeness (QED) is 0.191. The lowest BCUT2D eigenvalue weighted by Crippen LogP contribution is -2.53. The summed E-state index contributed by atoms with van der Waals surface area (Å²) in [6.45, 7) is 2.89. The number of benzene rings is 1. The van der Waals surface area contributed by atoms with E-state index in [0.29, 0.717) is 24.7 Å². The standard InChI is InChI=1S/C21H34BN3O5/c1-23-8-9-24-13-15-5-2-4-14(10-15)11-19(26)25-18-12-16-6-3-7-17(21(27)28)20(16)30-22(18)29/h3,6-7,14-15,18,21,23-24,27-29H,2,4-5,8-13H2,1H3,(H,25,26)/t14?,15?,18-/m0/s1. The van der Waals surface area contributed by atoms with Crippen LogP contribution in [0.2, 0.25) is 0 Å². The minimum Gasteiger partial charge on any atom is -0.534 e. The van der Waals surface area contributed by atoms with E-state index in [1.54, 1.807) is 18.2 Å². The minimum atomic E-state index is -1.68. The lowest BCUT2D eigenvalue weighted by Gasteiger charge is -2.31. The van der Waals surface area contributed by atoms with Crippen molar-refractivity contribution in [3.8, 4) is 5.75 Å². The Labute approximate surface area is 178 Å². The van der Waals surface area contributed by atoms with Gasteiger partial charge in [-0.15, -0.1) is 0 Å². The van der Waals surface area contributed by atoms with Crippen molar-refractivity contribution >= 4 is 13.0 Å². The van der Waals surface area contributed by atoms with Gasteiger partial charge in [-0.05, 0) is 56.7 Å². The van der Waals surface area contributed by atoms with Crippen molar-refractivity contribution in [1.29, 1.82) is 0 Å². The van der Waals surface area contributed by atoms with Gasteiger partial charge in [0.15, 0.2) is 6.29 Å². The molecule has 30 heavy (non-hydrogen) atoms. The van der Waals surface area contributed by atoms with Crippen LogP contribution >= 0.6 is 0 Å². The van der Waals surface area contributed by atoms with Crippen LogP contribution in [0.3, 0.4) is 0 Å². The lowest BCUT2D eigenvalue weighted by molar-refractivity contribution is -0.122. The maximum absolute atomic E-state index is 12.6. The number of aliphatic hydroxyl groups excluding tert-OH is 1. The fraction of sp³-hybridized carbons (Fsp3) is 0.667. The Morgan fingerprint density at radius 2 is 2.07 bits per heavy atom. The highest BCUT2D eigenvalue weighted by molar-refractivity contribution is 6.46. The summed E-state index contributed by atoms with van der Waals surface area (Å²) >= 11 is 0. The predicted molar refractivity (Wildman–Crippen MR) is 115 cm³/mol. The van der Waals surface area contributed by atoms with Gasteiger partial charge in [0.25, 0.3) is 0 Å². The van der Waals surface area contributed by atoms with Crippen molar-refractivity contribution in [3.63, 3.8) is 0 Å². The molecule has 1 heterocycles. The molecule has 3 rings (SSSR count). The Morgan fingerprint density at radius 1 is 1.27 bits per heavy atom. The number of aliphatic hydroxyl groups is 2. The Bertz CT molecular complexity index is 705. The molecule has 1 saturated carbocycles. The van der Waals surface area contributed by atoms with E-state index in [1.165, 1.54) is 6.42 Å². The molecular weight excluding hydrogens is 385 g/mol. The van der Waals surface area contributed by atoms with Gasteiger partial charge in [-0.2, -0.15) is 0 Å². The molecule has 9 heteroatoms. The number of nitrogens with one attached hydrogen (secondary N) is 3. The average Bonchev–Trinajstić information content (AvgIpc) is 2.71. The van der Waals surface area contributed by atoms with Crippen LogP contribution in [-0.4, -0.2) is 60.9 Å². The van der Waals surface area contributed by atoms with Gasteiger partial charge in [0.05, 0.1) is 5.94 Å². The summed E-state index contributed by atoms with van der Waals surface area (Å²) < 4.78 is 5.52. The number of rotatable bonds is 9. The van der Waals surface area contributed by atoms with Gasteiger partial charge in [-0.1, -0.05) is 24.6 Å². The van der Waals surface area contributed by atoms with Gasteiger partial charge in [0, 0.05) is 25.1 Å². The largest absolute Gasteiger partial charge is 0.547 e. The van der Waals surface area contributed by atoms with Crippen molar-refractivity contribution in [2.75, 3.05) is 26.7 Å². The SMILES string of the molecule is CNCCNCC1CCCC(CC(=O)N[C@H]2Cc3cccc(C(O)O)c3OB2O)C1. The smallest absolute Gasteiger partial charge is 0.534 e. The molecule has 1 aromatic rings. The Kier molecular flexibility index (Phi) is 8.53. The summed E-state index contributed by atoms with van der Waals surface area (Å²) in [6, 6.07) is 5.06. The van der Waals surface area contributed by atoms with E-state index in [9.17, 15) is 20.0 Å². The van der Waals surface area contributed by atoms with Gasteiger partial charge in [0.2, 0.25) is 5.91 Å². The number of carbonyl (C=O) groups is 1. The summed E-state index contributed by atoms with van der Waals surface area (Å²) in [7, 11) is 0.718. The third-order valence-electron chi connectivity index (χ3n) is 6.12. The zero-order valence-corrected chi connectivity index (χ0v) is 17.6. The molecule has 1 aromatic carbocycles. The predicted octanol–water partition coefficient (Wildman–Crippen LogP) is 0.115. The molecule has 2 aliphatic rings. The summed E-state index contributed by atoms with van der Waals surface area (Å²) in [6.07, 6.45) is 3.62. The number of para-hydroxylation sites is 1. The van der Waals surface area contributed by atoms with Gasteiger partial charge in [0.1, 0.15) is 5.75 Å². The van der Waals surface area contributed by atoms with Gasteiger partial charge < -0.3 is 35.8 Å². The van der Waals surface area contributed by atoms with Crippen LogP contribution in [0.1, 0.15) is 49.5 Å². The number of likely N-dealkylation sites (N-methyl/N-ethyl adjacent to an activating group) is 1. The van der Waals surface area contributed by atoms with Crippen LogP contribution in [0, 0.1) is 11.8 Å². The van der Waals surface area contributed by atoms with E-state index in [4.69, 9.17) is 4.65 Å². The van der Waals surface area contributed by atoms with E-state index in [0.717, 1.165) is 44.5 Å². The lowest BCUT2D eigenvalue weighted by atomic mass is 9.72. The maximum Gasteiger partial charge on any atom is 0.547 e. The Morgan fingerprint density at radius 3 is 2.83 bits per heavy atom. The number of hydrogen-bond acceptors (Lipinski definition) is 7. The minimum absolute atomic E-state index is 0.0711. The number of amides is 1. The maximum atomic E-state index is 12.6. The van der Waals surface area contributed by atoms with Crippen LogP contribution < -0.4 is 20.6 Å². The van der Waals surface area contributed by atoms with Crippen molar-refractivity contribution in [2.24, 2.45) is 11.8 Å². The summed E-state index contributed by atoms with van der Waals surface area (Å²) in [5.41, 5.74) is 0.953. The molecule has 0 spiro atoms. The highest BCUT2D eigenvalue weighted by Crippen LogP contribution is 2.33. The van der Waals surface area contributed by atoms with Gasteiger partial charge >= 0.3 is 7.12 Å². The van der Waals surface area contributed by atoms with Crippen molar-refractivity contribution < 1.29 is 24.7 Å². The normalized spacial score (nSPS) is 23.8. The summed E-state index contributed by atoms with van der Waals surface area (Å²) in [4.78, 5) is 12.6. The first kappa shape index (κ1) is 23.0. The average molecular weight is 419 g/mol. The van der Waals surface area contributed by atoms with Crippen molar-refractivity contribution in [3.05, 3.63) is 29.3 Å². The fourth-order valence-corrected chi connectivity index (χ4v) is 4.60.